The van der Waals surface area contributed by atoms with Gasteiger partial charge in [0.2, 0.25) is 5.91 Å². The van der Waals surface area contributed by atoms with E-state index in [1.807, 2.05) is 48.2 Å². The molecule has 14 heteroatoms. The fraction of sp³-hybridized carbons (Fsp3) is 0.462. The quantitative estimate of drug-likeness (QED) is 0.174. The second-order valence-corrected chi connectivity index (χ2v) is 14.9. The highest BCUT2D eigenvalue weighted by atomic mass is 16.2. The van der Waals surface area contributed by atoms with Crippen molar-refractivity contribution >= 4 is 40.0 Å². The van der Waals surface area contributed by atoms with Crippen LogP contribution in [0.25, 0.3) is 21.8 Å². The third-order valence-corrected chi connectivity index (χ3v) is 11.7. The van der Waals surface area contributed by atoms with Crippen molar-refractivity contribution in [2.75, 3.05) is 39.3 Å². The van der Waals surface area contributed by atoms with Gasteiger partial charge in [-0.05, 0) is 99.2 Å². The summed E-state index contributed by atoms with van der Waals surface area (Å²) in [6.45, 7) is 6.15. The van der Waals surface area contributed by atoms with Crippen LogP contribution in [0.3, 0.4) is 0 Å². The number of hydrogen-bond donors (Lipinski definition) is 4. The Labute approximate surface area is 306 Å². The lowest BCUT2D eigenvalue weighted by molar-refractivity contribution is -0.135. The summed E-state index contributed by atoms with van der Waals surface area (Å²) < 4.78 is 0. The van der Waals surface area contributed by atoms with Gasteiger partial charge in [-0.2, -0.15) is 5.10 Å². The summed E-state index contributed by atoms with van der Waals surface area (Å²) >= 11 is 0. The molecule has 3 aromatic heterocycles. The van der Waals surface area contributed by atoms with Crippen molar-refractivity contribution in [3.63, 3.8) is 0 Å². The lowest BCUT2D eigenvalue weighted by Gasteiger charge is -2.42. The van der Waals surface area contributed by atoms with Crippen LogP contribution in [0.4, 0.5) is 4.79 Å². The molecule has 4 N–H and O–H groups in total. The summed E-state index contributed by atoms with van der Waals surface area (Å²) in [6.07, 6.45) is 7.82. The van der Waals surface area contributed by atoms with E-state index in [1.54, 1.807) is 11.1 Å². The maximum Gasteiger partial charge on any atom is 0.318 e. The smallest absolute Gasteiger partial charge is 0.318 e. The Kier molecular flexibility index (Phi) is 9.78. The first-order chi connectivity index (χ1) is 25.8. The number of fused-ring (bicyclic) bond motifs is 2. The van der Waals surface area contributed by atoms with Crippen LogP contribution in [0.2, 0.25) is 0 Å². The summed E-state index contributed by atoms with van der Waals surface area (Å²) in [5.41, 5.74) is 4.48. The average Bonchev–Trinajstić information content (AvgIpc) is 3.88. The van der Waals surface area contributed by atoms with Crippen LogP contribution in [0, 0.1) is 6.92 Å². The van der Waals surface area contributed by atoms with Crippen LogP contribution in [-0.2, 0) is 11.2 Å². The van der Waals surface area contributed by atoms with Crippen molar-refractivity contribution < 1.29 is 14.4 Å². The van der Waals surface area contributed by atoms with E-state index in [2.05, 4.69) is 46.6 Å². The number of carbonyl (C=O) groups excluding carboxylic acids is 3. The highest BCUT2D eigenvalue weighted by Crippen LogP contribution is 2.30. The SMILES string of the molecule is Cc1cc(C[C@@H](NC(=O)N2CCC(c3cc4ccccc4[nH]c3=O)CC2)C(=O)N2CCC(N3CCC(c4nnc(C=O)[nH]4)CC3)CC2)cc2cn[nH]c12. The van der Waals surface area contributed by atoms with Crippen molar-refractivity contribution in [1.29, 1.82) is 0 Å². The molecule has 0 bridgehead atoms. The van der Waals surface area contributed by atoms with Crippen molar-refractivity contribution in [3.05, 3.63) is 87.4 Å². The Morgan fingerprint density at radius 2 is 1.62 bits per heavy atom. The molecule has 0 spiro atoms. The number of para-hydroxylation sites is 1. The number of carbonyl (C=O) groups is 3. The number of hydrogen-bond acceptors (Lipinski definition) is 8. The molecule has 3 saturated heterocycles. The second-order valence-electron chi connectivity index (χ2n) is 14.9. The number of piperidine rings is 3. The van der Waals surface area contributed by atoms with E-state index in [0.29, 0.717) is 57.8 Å². The van der Waals surface area contributed by atoms with Crippen LogP contribution >= 0.6 is 0 Å². The number of aldehydes is 1. The predicted octanol–water partition coefficient (Wildman–Crippen LogP) is 4.01. The van der Waals surface area contributed by atoms with Gasteiger partial charge in [0.05, 0.1) is 11.7 Å². The Bertz CT molecular complexity index is 2170. The molecule has 14 nitrogen and oxygen atoms in total. The molecule has 0 radical (unpaired) electrons. The fourth-order valence-corrected chi connectivity index (χ4v) is 8.70. The summed E-state index contributed by atoms with van der Waals surface area (Å²) in [4.78, 5) is 64.4. The normalized spacial score (nSPS) is 18.8. The zero-order chi connectivity index (χ0) is 36.5. The first kappa shape index (κ1) is 34.7. The first-order valence-electron chi connectivity index (χ1n) is 18.8. The maximum atomic E-state index is 14.3. The van der Waals surface area contributed by atoms with Crippen LogP contribution in [0.5, 0.6) is 0 Å². The first-order valence-corrected chi connectivity index (χ1v) is 18.8. The van der Waals surface area contributed by atoms with Crippen LogP contribution < -0.4 is 10.9 Å². The number of likely N-dealkylation sites (tertiary alicyclic amines) is 3. The molecule has 6 heterocycles. The highest BCUT2D eigenvalue weighted by Gasteiger charge is 2.35. The third kappa shape index (κ3) is 7.32. The van der Waals surface area contributed by atoms with Crippen LogP contribution in [0.15, 0.2) is 53.5 Å². The molecule has 3 aliphatic heterocycles. The zero-order valence-corrected chi connectivity index (χ0v) is 30.0. The Balaban J connectivity index is 0.911. The van der Waals surface area contributed by atoms with Gasteiger partial charge in [-0.15, -0.1) is 10.2 Å². The number of urea groups is 1. The largest absolute Gasteiger partial charge is 0.341 e. The molecule has 3 aliphatic rings. The Hall–Kier alpha value is -5.37. The third-order valence-electron chi connectivity index (χ3n) is 11.7. The Morgan fingerprint density at radius 1 is 0.887 bits per heavy atom. The van der Waals surface area contributed by atoms with Gasteiger partial charge in [0, 0.05) is 61.0 Å². The van der Waals surface area contributed by atoms with Gasteiger partial charge in [0.25, 0.3) is 5.56 Å². The van der Waals surface area contributed by atoms with Gasteiger partial charge in [0.15, 0.2) is 12.1 Å². The van der Waals surface area contributed by atoms with Crippen molar-refractivity contribution in [3.8, 4) is 0 Å². The average molecular weight is 719 g/mol. The van der Waals surface area contributed by atoms with Gasteiger partial charge in [-0.1, -0.05) is 24.3 Å². The molecule has 1 atom stereocenters. The number of rotatable bonds is 8. The van der Waals surface area contributed by atoms with E-state index in [9.17, 15) is 19.2 Å². The molecular formula is C39H46N10O4. The van der Waals surface area contributed by atoms with Gasteiger partial charge in [0.1, 0.15) is 11.9 Å². The van der Waals surface area contributed by atoms with E-state index in [-0.39, 0.29) is 35.2 Å². The van der Waals surface area contributed by atoms with Crippen molar-refractivity contribution in [2.45, 2.75) is 75.8 Å². The molecule has 276 valence electrons. The number of pyridine rings is 1. The molecular weight excluding hydrogens is 672 g/mol. The second kappa shape index (κ2) is 14.9. The molecule has 2 aromatic carbocycles. The number of amides is 3. The minimum Gasteiger partial charge on any atom is -0.341 e. The number of aromatic nitrogens is 6. The zero-order valence-electron chi connectivity index (χ0n) is 30.0. The minimum absolute atomic E-state index is 0.0547. The minimum atomic E-state index is -0.724. The van der Waals surface area contributed by atoms with Gasteiger partial charge in [-0.25, -0.2) is 4.79 Å². The molecule has 0 unspecified atom stereocenters. The van der Waals surface area contributed by atoms with Crippen molar-refractivity contribution in [1.82, 2.24) is 50.4 Å². The van der Waals surface area contributed by atoms with E-state index >= 15 is 0 Å². The lowest BCUT2D eigenvalue weighted by atomic mass is 9.89. The molecule has 5 aromatic rings. The van der Waals surface area contributed by atoms with Gasteiger partial charge >= 0.3 is 6.03 Å². The lowest BCUT2D eigenvalue weighted by Crippen LogP contribution is -2.56. The number of benzene rings is 2. The molecule has 3 fully saturated rings. The highest BCUT2D eigenvalue weighted by molar-refractivity contribution is 5.88. The van der Waals surface area contributed by atoms with Crippen molar-refractivity contribution in [2.24, 2.45) is 0 Å². The number of H-pyrrole nitrogens is 3. The van der Waals surface area contributed by atoms with Crippen LogP contribution in [-0.4, -0.2) is 115 Å². The molecule has 8 rings (SSSR count). The fourth-order valence-electron chi connectivity index (χ4n) is 8.70. The maximum absolute atomic E-state index is 14.3. The molecule has 3 amide bonds. The van der Waals surface area contributed by atoms with E-state index < -0.39 is 6.04 Å². The molecule has 0 saturated carbocycles. The predicted molar refractivity (Wildman–Crippen MR) is 200 cm³/mol. The van der Waals surface area contributed by atoms with E-state index in [4.69, 9.17) is 0 Å². The van der Waals surface area contributed by atoms with E-state index in [1.165, 1.54) is 0 Å². The van der Waals surface area contributed by atoms with Gasteiger partial charge in [-0.3, -0.25) is 19.5 Å². The summed E-state index contributed by atoms with van der Waals surface area (Å²) in [6, 6.07) is 13.3. The molecule has 0 aliphatic carbocycles. The summed E-state index contributed by atoms with van der Waals surface area (Å²) in [5.74, 6) is 1.31. The molecule has 53 heavy (non-hydrogen) atoms. The summed E-state index contributed by atoms with van der Waals surface area (Å²) in [5, 5.41) is 20.4. The number of aromatic amines is 3. The standard InChI is InChI=1S/C39H46N10O4/c1-24-18-25(19-29-22-40-45-35(24)29)20-33(42-39(53)49-14-6-26(7-15-49)31-21-28-4-2-3-5-32(28)41-37(31)51)38(52)48-16-10-30(11-17-48)47-12-8-27(9-13-47)36-43-34(23-50)44-46-36/h2-5,18-19,21-23,26-27,30,33H,6-17,20H2,1H3,(H,40,45)(H,41,51)(H,42,53)(H,43,44,46)/t33-/m1/s1. The van der Waals surface area contributed by atoms with Gasteiger partial charge < -0.3 is 30.0 Å². The summed E-state index contributed by atoms with van der Waals surface area (Å²) in [7, 11) is 0. The number of nitrogens with zero attached hydrogens (tertiary/aromatic N) is 6. The Morgan fingerprint density at radius 3 is 2.38 bits per heavy atom. The number of aryl methyl sites for hydroxylation is 1. The topological polar surface area (TPSA) is 176 Å². The van der Waals surface area contributed by atoms with E-state index in [0.717, 1.165) is 83.1 Å². The van der Waals surface area contributed by atoms with Crippen LogP contribution in [0.1, 0.15) is 83.5 Å². The number of nitrogens with one attached hydrogen (secondary N) is 4. The monoisotopic (exact) mass is 718 g/mol.